The average Bonchev–Trinajstić information content (AvgIpc) is 3.43. The van der Waals surface area contributed by atoms with Crippen molar-refractivity contribution in [2.45, 2.75) is 100 Å². The van der Waals surface area contributed by atoms with Gasteiger partial charge in [-0.15, -0.1) is 0 Å². The van der Waals surface area contributed by atoms with Crippen LogP contribution in [0.2, 0.25) is 0 Å². The van der Waals surface area contributed by atoms with Crippen LogP contribution in [0.25, 0.3) is 0 Å². The number of nitrogens with one attached hydrogen (secondary N) is 1. The molecule has 0 unspecified atom stereocenters. The summed E-state index contributed by atoms with van der Waals surface area (Å²) < 4.78 is 21.5. The zero-order chi connectivity index (χ0) is 38.0. The van der Waals surface area contributed by atoms with E-state index in [0.717, 1.165) is 12.5 Å². The summed E-state index contributed by atoms with van der Waals surface area (Å²) in [4.78, 5) is 85.1. The van der Waals surface area contributed by atoms with E-state index in [1.54, 1.807) is 13.1 Å². The second-order valence-corrected chi connectivity index (χ2v) is 12.7. The topological polar surface area (TPSA) is 290 Å². The number of Topliss-reactive ketones (excluding diaryl/α,β-unsaturated/α-hetero) is 1. The van der Waals surface area contributed by atoms with Gasteiger partial charge in [0.15, 0.2) is 29.8 Å². The van der Waals surface area contributed by atoms with Crippen LogP contribution in [0.1, 0.15) is 63.5 Å². The molecule has 0 spiro atoms. The van der Waals surface area contributed by atoms with Crippen LogP contribution in [-0.4, -0.2) is 115 Å². The molecule has 0 saturated heterocycles. The number of likely N-dealkylation sites (N-methyl/N-ethyl adjacent to an activating group) is 1. The maximum Gasteiger partial charge on any atom is 0.348 e. The van der Waals surface area contributed by atoms with E-state index in [2.05, 4.69) is 10.1 Å². The minimum absolute atomic E-state index is 0.0147. The van der Waals surface area contributed by atoms with E-state index >= 15 is 0 Å². The summed E-state index contributed by atoms with van der Waals surface area (Å²) in [6.07, 6.45) is -8.90. The van der Waals surface area contributed by atoms with E-state index in [1.165, 1.54) is 12.1 Å². The fraction of sp³-hybridized carbons (Fsp3) is 0.545. The molecule has 278 valence electrons. The van der Waals surface area contributed by atoms with Crippen LogP contribution in [0.15, 0.2) is 24.0 Å². The highest BCUT2D eigenvalue weighted by Crippen LogP contribution is 2.63. The molecule has 1 aromatic carbocycles. The maximum atomic E-state index is 13.4. The fourth-order valence-corrected chi connectivity index (χ4v) is 7.14. The Morgan fingerprint density at radius 2 is 1.67 bits per heavy atom. The summed E-state index contributed by atoms with van der Waals surface area (Å²) in [6.45, 7) is 2.77. The minimum Gasteiger partial charge on any atom is -0.504 e. The zero-order valence-corrected chi connectivity index (χ0v) is 27.8. The van der Waals surface area contributed by atoms with Crippen LogP contribution in [-0.2, 0) is 59.6 Å². The highest BCUT2D eigenvalue weighted by molar-refractivity contribution is 5.91. The van der Waals surface area contributed by atoms with Gasteiger partial charge in [0.25, 0.3) is 0 Å². The second-order valence-electron chi connectivity index (χ2n) is 12.7. The normalized spacial score (nSPS) is 25.1. The number of phenols is 1. The number of aromatic hydroxyl groups is 1. The van der Waals surface area contributed by atoms with Gasteiger partial charge in [0.1, 0.15) is 11.5 Å². The Kier molecular flexibility index (Phi) is 11.4. The maximum absolute atomic E-state index is 13.4. The number of esters is 3. The largest absolute Gasteiger partial charge is 0.504 e. The molecular weight excluding hydrogens is 682 g/mol. The van der Waals surface area contributed by atoms with Gasteiger partial charge in [-0.25, -0.2) is 14.4 Å². The number of rotatable bonds is 17. The number of aliphatic hydroxyl groups excluding tert-OH is 1. The summed E-state index contributed by atoms with van der Waals surface area (Å²) in [5.41, 5.74) is -1.28. The van der Waals surface area contributed by atoms with Gasteiger partial charge in [0.05, 0.1) is 29.8 Å². The van der Waals surface area contributed by atoms with Crippen LogP contribution in [0.4, 0.5) is 0 Å². The summed E-state index contributed by atoms with van der Waals surface area (Å²) in [5.74, 6) is -11.9. The van der Waals surface area contributed by atoms with Gasteiger partial charge >= 0.3 is 35.8 Å². The van der Waals surface area contributed by atoms with Crippen molar-refractivity contribution >= 4 is 41.6 Å². The first kappa shape index (κ1) is 38.7. The van der Waals surface area contributed by atoms with Crippen molar-refractivity contribution in [3.05, 3.63) is 35.1 Å². The molecule has 18 heteroatoms. The fourth-order valence-electron chi connectivity index (χ4n) is 7.14. The third-order valence-electron chi connectivity index (χ3n) is 9.58. The molecular formula is C33H39NO17. The lowest BCUT2D eigenvalue weighted by molar-refractivity contribution is -0.179. The number of hydrogen-bond acceptors (Lipinski definition) is 15. The molecule has 0 bridgehead atoms. The number of benzene rings is 1. The van der Waals surface area contributed by atoms with Crippen LogP contribution in [0.5, 0.6) is 11.5 Å². The minimum atomic E-state index is -2.13. The van der Waals surface area contributed by atoms with Gasteiger partial charge < -0.3 is 54.9 Å². The number of carbonyl (C=O) groups excluding carboxylic acids is 4. The molecule has 0 radical (unpaired) electrons. The third-order valence-corrected chi connectivity index (χ3v) is 9.58. The lowest BCUT2D eigenvalue weighted by atomic mass is 9.52. The standard InChI is InChI=1S/C33H39NO17/c1-4-32-25-15-5-6-18(36)26(25)51-27(32)20(7-8-33(32,47)22(10-15)34-3)49-24(40)11-16(9-17(35)12-19(37)28(41)42)31(46)48-14(2)30(45)50-21(29(43)44)13-23(38)39/h5-7,14,16,19,21-22,27,34,36-37,47H,4,8-13H2,1-3H3,(H,38,39)(H,41,42)(H,43,44)/t14-,16-,19-,21+,22+,27-,32-,33+/m0/s1. The molecule has 0 aromatic heterocycles. The Morgan fingerprint density at radius 1 is 0.980 bits per heavy atom. The summed E-state index contributed by atoms with van der Waals surface area (Å²) in [7, 11) is 1.69. The lowest BCUT2D eigenvalue weighted by Gasteiger charge is -2.56. The lowest BCUT2D eigenvalue weighted by Crippen LogP contribution is -2.70. The van der Waals surface area contributed by atoms with Gasteiger partial charge in [0.2, 0.25) is 6.10 Å². The van der Waals surface area contributed by atoms with Gasteiger partial charge in [-0.2, -0.15) is 0 Å². The van der Waals surface area contributed by atoms with Crippen molar-refractivity contribution in [2.24, 2.45) is 5.92 Å². The molecule has 2 aliphatic carbocycles. The predicted octanol–water partition coefficient (Wildman–Crippen LogP) is -0.289. The van der Waals surface area contributed by atoms with E-state index in [1.807, 2.05) is 6.92 Å². The monoisotopic (exact) mass is 721 g/mol. The van der Waals surface area contributed by atoms with Crippen LogP contribution in [0, 0.1) is 5.92 Å². The molecule has 1 heterocycles. The molecule has 0 amide bonds. The molecule has 8 atom stereocenters. The number of aliphatic carboxylic acids is 3. The highest BCUT2D eigenvalue weighted by atomic mass is 16.6. The van der Waals surface area contributed by atoms with E-state index < -0.39 is 115 Å². The molecule has 7 N–H and O–H groups in total. The predicted molar refractivity (Wildman–Crippen MR) is 166 cm³/mol. The Labute approximate surface area is 289 Å². The van der Waals surface area contributed by atoms with E-state index in [0.29, 0.717) is 12.0 Å². The number of carbonyl (C=O) groups is 7. The quantitative estimate of drug-likeness (QED) is 0.0803. The van der Waals surface area contributed by atoms with Gasteiger partial charge in [-0.3, -0.25) is 19.2 Å². The molecule has 18 nitrogen and oxygen atoms in total. The Bertz CT molecular complexity index is 1650. The van der Waals surface area contributed by atoms with Crippen molar-refractivity contribution in [3.63, 3.8) is 0 Å². The first-order valence-corrected chi connectivity index (χ1v) is 16.0. The van der Waals surface area contributed by atoms with Gasteiger partial charge in [-0.05, 0) is 44.5 Å². The van der Waals surface area contributed by atoms with Crippen molar-refractivity contribution in [2.75, 3.05) is 7.05 Å². The number of carboxylic acids is 3. The van der Waals surface area contributed by atoms with Crippen molar-refractivity contribution in [1.82, 2.24) is 5.32 Å². The van der Waals surface area contributed by atoms with Crippen molar-refractivity contribution in [3.8, 4) is 11.5 Å². The van der Waals surface area contributed by atoms with Gasteiger partial charge in [0, 0.05) is 30.9 Å². The van der Waals surface area contributed by atoms with Crippen LogP contribution < -0.4 is 10.1 Å². The number of phenolic OH excluding ortho intramolecular Hbond substituents is 1. The molecule has 0 saturated carbocycles. The van der Waals surface area contributed by atoms with E-state index in [9.17, 15) is 48.9 Å². The first-order chi connectivity index (χ1) is 23.9. The summed E-state index contributed by atoms with van der Waals surface area (Å²) in [5, 5.41) is 62.7. The number of ether oxygens (including phenoxy) is 4. The Morgan fingerprint density at radius 3 is 2.25 bits per heavy atom. The van der Waals surface area contributed by atoms with Crippen LogP contribution >= 0.6 is 0 Å². The Hall–Kier alpha value is -5.07. The Balaban J connectivity index is 1.57. The first-order valence-electron chi connectivity index (χ1n) is 16.0. The number of aliphatic hydroxyl groups is 2. The molecule has 3 aliphatic rings. The summed E-state index contributed by atoms with van der Waals surface area (Å²) in [6, 6.07) is 2.72. The highest BCUT2D eigenvalue weighted by Gasteiger charge is 2.69. The zero-order valence-electron chi connectivity index (χ0n) is 27.8. The number of ketones is 1. The van der Waals surface area contributed by atoms with Crippen molar-refractivity contribution in [1.29, 1.82) is 0 Å². The summed E-state index contributed by atoms with van der Waals surface area (Å²) >= 11 is 0. The molecule has 0 fully saturated rings. The third kappa shape index (κ3) is 7.38. The SMILES string of the molecule is CC[C@]12c3c4ccc(O)c3O[C@H]1C(OC(=O)C[C@H](CC(=O)C[C@H](O)C(=O)O)C(=O)O[C@@H](C)C(=O)O[C@H](CC(=O)O)C(=O)O)=CC[C@@]2(O)[C@H](NC)C4. The average molecular weight is 722 g/mol. The number of hydrogen-bond donors (Lipinski definition) is 7. The number of carboxylic acid groups (broad SMARTS) is 3. The molecule has 51 heavy (non-hydrogen) atoms. The second kappa shape index (κ2) is 15.0. The van der Waals surface area contributed by atoms with Gasteiger partial charge in [-0.1, -0.05) is 13.0 Å². The van der Waals surface area contributed by atoms with Crippen LogP contribution in [0.3, 0.4) is 0 Å². The van der Waals surface area contributed by atoms with Crippen molar-refractivity contribution < 1.29 is 83.1 Å². The molecule has 1 aromatic rings. The smallest absolute Gasteiger partial charge is 0.348 e. The molecule has 1 aliphatic heterocycles. The van der Waals surface area contributed by atoms with E-state index in [4.69, 9.17) is 29.5 Å². The van der Waals surface area contributed by atoms with E-state index in [-0.39, 0.29) is 30.1 Å². The molecule has 4 rings (SSSR count).